The number of rotatable bonds is 4. The zero-order valence-corrected chi connectivity index (χ0v) is 14.4. The lowest BCUT2D eigenvalue weighted by atomic mass is 10.0. The number of methoxy groups -OCH3 is 1. The highest BCUT2D eigenvalue weighted by Gasteiger charge is 2.55. The van der Waals surface area contributed by atoms with Crippen LogP contribution in [-0.2, 0) is 21.6 Å². The number of cyclic esters (lactones) is 1. The van der Waals surface area contributed by atoms with Crippen LogP contribution in [-0.4, -0.2) is 38.8 Å². The summed E-state index contributed by atoms with van der Waals surface area (Å²) in [4.78, 5) is 27.9. The minimum atomic E-state index is -1.01. The van der Waals surface area contributed by atoms with Gasteiger partial charge in [-0.2, -0.15) is 4.52 Å². The quantitative estimate of drug-likeness (QED) is 0.707. The van der Waals surface area contributed by atoms with E-state index in [4.69, 9.17) is 9.47 Å². The molecule has 2 aromatic heterocycles. The van der Waals surface area contributed by atoms with Crippen LogP contribution in [0.1, 0.15) is 34.6 Å². The van der Waals surface area contributed by atoms with Crippen LogP contribution < -0.4 is 4.74 Å². The molecule has 0 saturated heterocycles. The number of carbonyl (C=O) groups is 2. The van der Waals surface area contributed by atoms with Gasteiger partial charge >= 0.3 is 11.9 Å². The van der Waals surface area contributed by atoms with Crippen molar-refractivity contribution >= 4 is 17.6 Å². The summed E-state index contributed by atoms with van der Waals surface area (Å²) in [7, 11) is 1.53. The standard InChI is InChI=1S/C19H15N3O5/c1-26-14-5-4-12(10-2-3-13-11(8-10)9-27-16(13)23)15-20-17(21-22(14)15)19(6-7-19)18(24)25/h2-5,8H,6-7,9H2,1H3,(H,24,25). The third-order valence-corrected chi connectivity index (χ3v) is 5.24. The Morgan fingerprint density at radius 1 is 1.26 bits per heavy atom. The predicted molar refractivity (Wildman–Crippen MR) is 92.6 cm³/mol. The maximum atomic E-state index is 11.7. The van der Waals surface area contributed by atoms with Gasteiger partial charge < -0.3 is 14.6 Å². The number of hydrogen-bond donors (Lipinski definition) is 1. The SMILES string of the molecule is COc1ccc(-c2ccc3c(c2)COC3=O)c2nc(C3(C(=O)O)CC3)nn12. The Hall–Kier alpha value is -3.42. The number of aromatic nitrogens is 3. The Kier molecular flexibility index (Phi) is 3.10. The molecule has 0 atom stereocenters. The van der Waals surface area contributed by atoms with Crippen LogP contribution in [0.5, 0.6) is 5.88 Å². The summed E-state index contributed by atoms with van der Waals surface area (Å²) in [5.74, 6) is -0.473. The number of aliphatic carboxylic acids is 1. The summed E-state index contributed by atoms with van der Waals surface area (Å²) < 4.78 is 12.0. The summed E-state index contributed by atoms with van der Waals surface area (Å²) in [5.41, 5.74) is 2.51. The number of pyridine rings is 1. The second-order valence-corrected chi connectivity index (χ2v) is 6.80. The van der Waals surface area contributed by atoms with Gasteiger partial charge in [0.1, 0.15) is 12.0 Å². The average Bonchev–Trinajstić information content (AvgIpc) is 3.24. The fraction of sp³-hybridized carbons (Fsp3) is 0.263. The number of fused-ring (bicyclic) bond motifs is 2. The van der Waals surface area contributed by atoms with Gasteiger partial charge in [-0.3, -0.25) is 4.79 Å². The summed E-state index contributed by atoms with van der Waals surface area (Å²) in [5, 5.41) is 14.0. The highest BCUT2D eigenvalue weighted by Crippen LogP contribution is 2.47. The lowest BCUT2D eigenvalue weighted by Crippen LogP contribution is -2.21. The number of hydrogen-bond acceptors (Lipinski definition) is 6. The second kappa shape index (κ2) is 5.29. The van der Waals surface area contributed by atoms with Gasteiger partial charge in [0.25, 0.3) is 0 Å². The number of carboxylic acid groups (broad SMARTS) is 1. The van der Waals surface area contributed by atoms with Crippen LogP contribution in [0.15, 0.2) is 30.3 Å². The minimum Gasteiger partial charge on any atom is -0.481 e. The van der Waals surface area contributed by atoms with E-state index >= 15 is 0 Å². The van der Waals surface area contributed by atoms with Crippen LogP contribution in [0.4, 0.5) is 0 Å². The van der Waals surface area contributed by atoms with Crippen LogP contribution in [0.3, 0.4) is 0 Å². The second-order valence-electron chi connectivity index (χ2n) is 6.80. The van der Waals surface area contributed by atoms with Crippen molar-refractivity contribution in [1.29, 1.82) is 0 Å². The van der Waals surface area contributed by atoms with Crippen LogP contribution in [0, 0.1) is 0 Å². The Morgan fingerprint density at radius 3 is 2.74 bits per heavy atom. The molecular weight excluding hydrogens is 350 g/mol. The number of ether oxygens (including phenoxy) is 2. The molecule has 3 aromatic rings. The molecule has 1 aliphatic carbocycles. The van der Waals surface area contributed by atoms with Crippen molar-refractivity contribution in [2.75, 3.05) is 7.11 Å². The highest BCUT2D eigenvalue weighted by atomic mass is 16.5. The molecule has 3 heterocycles. The smallest absolute Gasteiger partial charge is 0.338 e. The van der Waals surface area contributed by atoms with Gasteiger partial charge in [-0.15, -0.1) is 5.10 Å². The molecule has 1 saturated carbocycles. The Morgan fingerprint density at radius 2 is 2.04 bits per heavy atom. The van der Waals surface area contributed by atoms with E-state index < -0.39 is 11.4 Å². The first kappa shape index (κ1) is 15.8. The lowest BCUT2D eigenvalue weighted by molar-refractivity contribution is -0.140. The van der Waals surface area contributed by atoms with Gasteiger partial charge in [0.05, 0.1) is 12.7 Å². The van der Waals surface area contributed by atoms with E-state index in [0.717, 1.165) is 16.7 Å². The van der Waals surface area contributed by atoms with Crippen molar-refractivity contribution in [3.05, 3.63) is 47.3 Å². The number of carboxylic acids is 1. The molecule has 1 aliphatic heterocycles. The van der Waals surface area contributed by atoms with E-state index in [1.165, 1.54) is 11.6 Å². The van der Waals surface area contributed by atoms with Crippen LogP contribution in [0.25, 0.3) is 16.8 Å². The Balaban J connectivity index is 1.71. The number of benzene rings is 1. The summed E-state index contributed by atoms with van der Waals surface area (Å²) in [6, 6.07) is 9.06. The average molecular weight is 365 g/mol. The fourth-order valence-electron chi connectivity index (χ4n) is 3.48. The van der Waals surface area contributed by atoms with E-state index in [0.29, 0.717) is 35.8 Å². The molecule has 8 nitrogen and oxygen atoms in total. The summed E-state index contributed by atoms with van der Waals surface area (Å²) in [6.45, 7) is 0.245. The van der Waals surface area contributed by atoms with Crippen molar-refractivity contribution in [1.82, 2.24) is 14.6 Å². The monoisotopic (exact) mass is 365 g/mol. The first-order valence-electron chi connectivity index (χ1n) is 8.51. The number of carbonyl (C=O) groups excluding carboxylic acids is 1. The summed E-state index contributed by atoms with van der Waals surface area (Å²) >= 11 is 0. The van der Waals surface area contributed by atoms with Crippen molar-refractivity contribution in [2.24, 2.45) is 0 Å². The largest absolute Gasteiger partial charge is 0.481 e. The number of nitrogens with zero attached hydrogens (tertiary/aromatic N) is 3. The Bertz CT molecular complexity index is 1130. The van der Waals surface area contributed by atoms with Crippen LogP contribution in [0.2, 0.25) is 0 Å². The number of esters is 1. The van der Waals surface area contributed by atoms with Crippen LogP contribution >= 0.6 is 0 Å². The topological polar surface area (TPSA) is 103 Å². The van der Waals surface area contributed by atoms with Gasteiger partial charge in [0.15, 0.2) is 11.5 Å². The van der Waals surface area contributed by atoms with Crippen molar-refractivity contribution in [2.45, 2.75) is 24.9 Å². The molecular formula is C19H15N3O5. The molecule has 2 aliphatic rings. The third-order valence-electron chi connectivity index (χ3n) is 5.24. The minimum absolute atomic E-state index is 0.245. The van der Waals surface area contributed by atoms with Gasteiger partial charge in [-0.25, -0.2) is 9.78 Å². The normalized spacial score (nSPS) is 16.9. The summed E-state index contributed by atoms with van der Waals surface area (Å²) in [6.07, 6.45) is 1.05. The van der Waals surface area contributed by atoms with E-state index in [-0.39, 0.29) is 12.6 Å². The van der Waals surface area contributed by atoms with Gasteiger partial charge in [0.2, 0.25) is 5.88 Å². The molecule has 1 N–H and O–H groups in total. The van der Waals surface area contributed by atoms with E-state index in [9.17, 15) is 14.7 Å². The molecule has 0 radical (unpaired) electrons. The van der Waals surface area contributed by atoms with E-state index in [1.807, 2.05) is 18.2 Å². The fourth-order valence-corrected chi connectivity index (χ4v) is 3.48. The first-order chi connectivity index (χ1) is 13.0. The predicted octanol–water partition coefficient (Wildman–Crippen LogP) is 2.19. The van der Waals surface area contributed by atoms with Gasteiger partial charge in [0, 0.05) is 17.2 Å². The molecule has 27 heavy (non-hydrogen) atoms. The highest BCUT2D eigenvalue weighted by molar-refractivity contribution is 5.94. The van der Waals surface area contributed by atoms with E-state index in [1.54, 1.807) is 12.1 Å². The van der Waals surface area contributed by atoms with Crippen molar-refractivity contribution in [3.8, 4) is 17.0 Å². The zero-order chi connectivity index (χ0) is 18.8. The lowest BCUT2D eigenvalue weighted by Gasteiger charge is -2.07. The third kappa shape index (κ3) is 2.16. The van der Waals surface area contributed by atoms with E-state index in [2.05, 4.69) is 10.1 Å². The molecule has 8 heteroatoms. The maximum absolute atomic E-state index is 11.7. The molecule has 5 rings (SSSR count). The Labute approximate surface area is 153 Å². The molecule has 0 bridgehead atoms. The molecule has 136 valence electrons. The van der Waals surface area contributed by atoms with Crippen molar-refractivity contribution in [3.63, 3.8) is 0 Å². The maximum Gasteiger partial charge on any atom is 0.338 e. The zero-order valence-electron chi connectivity index (χ0n) is 14.4. The molecule has 0 unspecified atom stereocenters. The molecule has 1 fully saturated rings. The molecule has 0 spiro atoms. The first-order valence-corrected chi connectivity index (χ1v) is 8.51. The van der Waals surface area contributed by atoms with Gasteiger partial charge in [-0.05, 0) is 36.6 Å². The molecule has 1 aromatic carbocycles. The van der Waals surface area contributed by atoms with Crippen molar-refractivity contribution < 1.29 is 24.2 Å². The molecule has 0 amide bonds. The van der Waals surface area contributed by atoms with Gasteiger partial charge in [-0.1, -0.05) is 6.07 Å².